The van der Waals surface area contributed by atoms with E-state index in [0.29, 0.717) is 22.3 Å². The van der Waals surface area contributed by atoms with E-state index in [4.69, 9.17) is 14.7 Å². The number of aromatic hydroxyl groups is 1. The number of nitriles is 1. The average molecular weight is 536 g/mol. The van der Waals surface area contributed by atoms with Gasteiger partial charge in [-0.15, -0.1) is 0 Å². The van der Waals surface area contributed by atoms with Crippen molar-refractivity contribution in [3.05, 3.63) is 138 Å². The Morgan fingerprint density at radius 3 is 1.46 bits per heavy atom. The number of benzene rings is 6. The van der Waals surface area contributed by atoms with Crippen LogP contribution in [0.4, 0.5) is 0 Å². The minimum atomic E-state index is -0.599. The highest BCUT2D eigenvalue weighted by atomic mass is 16.5. The smallest absolute Gasteiger partial charge is 0.343 e. The van der Waals surface area contributed by atoms with Gasteiger partial charge in [-0.3, -0.25) is 0 Å². The van der Waals surface area contributed by atoms with Gasteiger partial charge in [0, 0.05) is 11.1 Å². The van der Waals surface area contributed by atoms with Crippen LogP contribution < -0.4 is 9.47 Å². The highest BCUT2D eigenvalue weighted by Gasteiger charge is 2.23. The van der Waals surface area contributed by atoms with Gasteiger partial charge in [0.25, 0.3) is 0 Å². The Balaban J connectivity index is 1.54. The zero-order chi connectivity index (χ0) is 28.3. The van der Waals surface area contributed by atoms with Crippen molar-refractivity contribution in [2.75, 3.05) is 0 Å². The van der Waals surface area contributed by atoms with Gasteiger partial charge in [0.1, 0.15) is 17.2 Å². The van der Waals surface area contributed by atoms with E-state index in [2.05, 4.69) is 0 Å². The van der Waals surface area contributed by atoms with Crippen molar-refractivity contribution >= 4 is 33.5 Å². The summed E-state index contributed by atoms with van der Waals surface area (Å²) in [6, 6.07) is 36.7. The molecule has 0 aromatic heterocycles. The van der Waals surface area contributed by atoms with Gasteiger partial charge in [0.05, 0.1) is 22.8 Å². The standard InChI is InChI=1S/C35H21NO5/c36-21-22-9-11-25(12-10-22)34(38)40-30-19-15-23-5-1-3-7-28(23)32(30)33-29-8-4-2-6-24(29)16-20-31(33)41-35(39)26-13-17-27(37)18-14-26/h1-20,37H. The number of phenols is 1. The van der Waals surface area contributed by atoms with Crippen LogP contribution in [0.25, 0.3) is 32.7 Å². The predicted molar refractivity (Wildman–Crippen MR) is 156 cm³/mol. The summed E-state index contributed by atoms with van der Waals surface area (Å²) < 4.78 is 11.9. The molecular weight excluding hydrogens is 514 g/mol. The molecule has 0 spiro atoms. The third-order valence-electron chi connectivity index (χ3n) is 6.79. The van der Waals surface area contributed by atoms with Crippen LogP contribution in [0.15, 0.2) is 121 Å². The lowest BCUT2D eigenvalue weighted by molar-refractivity contribution is 0.0723. The second-order valence-electron chi connectivity index (χ2n) is 9.33. The SMILES string of the molecule is N#Cc1ccc(C(=O)Oc2ccc3ccccc3c2-c2c(OC(=O)c3ccc(O)cc3)ccc3ccccc23)cc1. The summed E-state index contributed by atoms with van der Waals surface area (Å²) in [5.41, 5.74) is 2.18. The molecule has 0 unspecified atom stereocenters. The van der Waals surface area contributed by atoms with Gasteiger partial charge < -0.3 is 14.6 Å². The maximum atomic E-state index is 13.3. The largest absolute Gasteiger partial charge is 0.508 e. The van der Waals surface area contributed by atoms with Crippen LogP contribution in [-0.4, -0.2) is 17.0 Å². The minimum Gasteiger partial charge on any atom is -0.508 e. The predicted octanol–water partition coefficient (Wildman–Crippen LogP) is 7.68. The first-order valence-electron chi connectivity index (χ1n) is 12.8. The molecule has 6 aromatic rings. The van der Waals surface area contributed by atoms with E-state index in [1.165, 1.54) is 24.3 Å². The lowest BCUT2D eigenvalue weighted by atomic mass is 9.92. The number of carbonyl (C=O) groups is 2. The summed E-state index contributed by atoms with van der Waals surface area (Å²) in [5, 5.41) is 22.2. The second-order valence-corrected chi connectivity index (χ2v) is 9.33. The van der Waals surface area contributed by atoms with Crippen LogP contribution in [0, 0.1) is 11.3 Å². The van der Waals surface area contributed by atoms with E-state index in [1.807, 2.05) is 66.7 Å². The van der Waals surface area contributed by atoms with Crippen molar-refractivity contribution in [3.63, 3.8) is 0 Å². The number of phenolic OH excluding ortho intramolecular Hbond substituents is 1. The van der Waals surface area contributed by atoms with Crippen molar-refractivity contribution in [1.29, 1.82) is 5.26 Å². The number of fused-ring (bicyclic) bond motifs is 2. The Morgan fingerprint density at radius 2 is 1.00 bits per heavy atom. The monoisotopic (exact) mass is 535 g/mol. The summed E-state index contributed by atoms with van der Waals surface area (Å²) in [4.78, 5) is 26.5. The van der Waals surface area contributed by atoms with Gasteiger partial charge in [-0.2, -0.15) is 5.26 Å². The molecule has 0 heterocycles. The Bertz CT molecular complexity index is 1990. The van der Waals surface area contributed by atoms with Gasteiger partial charge in [0.15, 0.2) is 0 Å². The van der Waals surface area contributed by atoms with Crippen molar-refractivity contribution in [3.8, 4) is 34.4 Å². The molecule has 6 rings (SSSR count). The lowest BCUT2D eigenvalue weighted by Crippen LogP contribution is -2.11. The third-order valence-corrected chi connectivity index (χ3v) is 6.79. The van der Waals surface area contributed by atoms with E-state index in [-0.39, 0.29) is 22.8 Å². The lowest BCUT2D eigenvalue weighted by Gasteiger charge is -2.18. The molecule has 196 valence electrons. The summed E-state index contributed by atoms with van der Waals surface area (Å²) in [7, 11) is 0. The van der Waals surface area contributed by atoms with E-state index in [1.54, 1.807) is 36.4 Å². The van der Waals surface area contributed by atoms with E-state index in [0.717, 1.165) is 21.5 Å². The fourth-order valence-electron chi connectivity index (χ4n) is 4.78. The Kier molecular flexibility index (Phi) is 6.60. The number of nitrogens with zero attached hydrogens (tertiary/aromatic N) is 1. The minimum absolute atomic E-state index is 0.0393. The molecule has 0 radical (unpaired) electrons. The van der Waals surface area contributed by atoms with Gasteiger partial charge in [-0.1, -0.05) is 60.7 Å². The zero-order valence-corrected chi connectivity index (χ0v) is 21.6. The molecule has 0 atom stereocenters. The van der Waals surface area contributed by atoms with Crippen LogP contribution in [-0.2, 0) is 0 Å². The fourth-order valence-corrected chi connectivity index (χ4v) is 4.78. The zero-order valence-electron chi connectivity index (χ0n) is 21.6. The van der Waals surface area contributed by atoms with Crippen molar-refractivity contribution < 1.29 is 24.2 Å². The first kappa shape index (κ1) is 25.4. The highest BCUT2D eigenvalue weighted by molar-refractivity contribution is 6.11. The molecule has 41 heavy (non-hydrogen) atoms. The summed E-state index contributed by atoms with van der Waals surface area (Å²) in [5.74, 6) is -0.575. The summed E-state index contributed by atoms with van der Waals surface area (Å²) in [6.45, 7) is 0. The first-order valence-corrected chi connectivity index (χ1v) is 12.8. The second kappa shape index (κ2) is 10.7. The number of rotatable bonds is 5. The Morgan fingerprint density at radius 1 is 0.561 bits per heavy atom. The van der Waals surface area contributed by atoms with Gasteiger partial charge in [0.2, 0.25) is 0 Å². The van der Waals surface area contributed by atoms with Crippen LogP contribution in [0.2, 0.25) is 0 Å². The normalized spacial score (nSPS) is 10.7. The molecule has 0 amide bonds. The number of esters is 2. The molecule has 6 aromatic carbocycles. The average Bonchev–Trinajstić information content (AvgIpc) is 3.01. The van der Waals surface area contributed by atoms with Crippen LogP contribution in [0.3, 0.4) is 0 Å². The fraction of sp³-hybridized carbons (Fsp3) is 0. The van der Waals surface area contributed by atoms with Gasteiger partial charge in [-0.05, 0) is 82.2 Å². The van der Waals surface area contributed by atoms with E-state index < -0.39 is 11.9 Å². The Labute approximate surface area is 235 Å². The number of ether oxygens (including phenoxy) is 2. The molecule has 6 heteroatoms. The summed E-state index contributed by atoms with van der Waals surface area (Å²) >= 11 is 0. The molecule has 6 nitrogen and oxygen atoms in total. The molecule has 0 bridgehead atoms. The molecule has 0 aliphatic rings. The third kappa shape index (κ3) is 4.96. The van der Waals surface area contributed by atoms with Crippen molar-refractivity contribution in [2.45, 2.75) is 0 Å². The Hall–Kier alpha value is -5.93. The van der Waals surface area contributed by atoms with Crippen LogP contribution >= 0.6 is 0 Å². The molecule has 1 N–H and O–H groups in total. The number of carbonyl (C=O) groups excluding carboxylic acids is 2. The number of hydrogen-bond acceptors (Lipinski definition) is 6. The summed E-state index contributed by atoms with van der Waals surface area (Å²) in [6.07, 6.45) is 0. The van der Waals surface area contributed by atoms with E-state index in [9.17, 15) is 14.7 Å². The maximum Gasteiger partial charge on any atom is 0.343 e. The number of hydrogen-bond donors (Lipinski definition) is 1. The molecular formula is C35H21NO5. The van der Waals surface area contributed by atoms with E-state index >= 15 is 0 Å². The molecule has 0 aliphatic carbocycles. The van der Waals surface area contributed by atoms with Crippen molar-refractivity contribution in [1.82, 2.24) is 0 Å². The van der Waals surface area contributed by atoms with Crippen molar-refractivity contribution in [2.24, 2.45) is 0 Å². The molecule has 0 aliphatic heterocycles. The van der Waals surface area contributed by atoms with Crippen LogP contribution in [0.5, 0.6) is 17.2 Å². The van der Waals surface area contributed by atoms with Gasteiger partial charge in [-0.25, -0.2) is 9.59 Å². The topological polar surface area (TPSA) is 96.6 Å². The quantitative estimate of drug-likeness (QED) is 0.180. The molecule has 0 saturated heterocycles. The maximum absolute atomic E-state index is 13.3. The van der Waals surface area contributed by atoms with Crippen LogP contribution in [0.1, 0.15) is 26.3 Å². The van der Waals surface area contributed by atoms with Gasteiger partial charge >= 0.3 is 11.9 Å². The highest BCUT2D eigenvalue weighted by Crippen LogP contribution is 2.45. The molecule has 0 saturated carbocycles. The molecule has 0 fully saturated rings. The first-order chi connectivity index (χ1) is 20.0.